The number of nitrogens with zero attached hydrogens (tertiary/aromatic N) is 3. The maximum absolute atomic E-state index is 12.9. The standard InChI is InChI=1S/C21H20ClN3O4/c22-15-3-7-16(8-4-15)23-9-11-24(12-10-23)18-13-19(26)25(20(18)27)17-5-1-14(2-6-17)21(28)29/h1-8,18H,9-13H2,(H,28,29)/t18-/m1/s1. The third kappa shape index (κ3) is 3.83. The molecule has 4 rings (SSSR count). The Kier molecular flexibility index (Phi) is 5.25. The van der Waals surface area contributed by atoms with Gasteiger partial charge in [0.25, 0.3) is 5.91 Å². The van der Waals surface area contributed by atoms with E-state index in [0.29, 0.717) is 23.8 Å². The lowest BCUT2D eigenvalue weighted by molar-refractivity contribution is -0.123. The van der Waals surface area contributed by atoms with Gasteiger partial charge in [0.1, 0.15) is 0 Å². The number of anilines is 2. The number of carbonyl (C=O) groups is 3. The van der Waals surface area contributed by atoms with E-state index in [4.69, 9.17) is 16.7 Å². The van der Waals surface area contributed by atoms with Crippen molar-refractivity contribution in [2.75, 3.05) is 36.0 Å². The summed E-state index contributed by atoms with van der Waals surface area (Å²) in [6.07, 6.45) is 0.139. The van der Waals surface area contributed by atoms with Crippen LogP contribution in [0.25, 0.3) is 0 Å². The Bertz CT molecular complexity index is 937. The maximum Gasteiger partial charge on any atom is 0.335 e. The van der Waals surface area contributed by atoms with E-state index in [-0.39, 0.29) is 23.8 Å². The fourth-order valence-corrected chi connectivity index (χ4v) is 4.00. The summed E-state index contributed by atoms with van der Waals surface area (Å²) >= 11 is 5.95. The molecule has 2 aromatic carbocycles. The van der Waals surface area contributed by atoms with Crippen LogP contribution in [0.4, 0.5) is 11.4 Å². The molecular weight excluding hydrogens is 394 g/mol. The van der Waals surface area contributed by atoms with Gasteiger partial charge in [0.05, 0.1) is 23.7 Å². The SMILES string of the molecule is O=C(O)c1ccc(N2C(=O)C[C@@H](N3CCN(c4ccc(Cl)cc4)CC3)C2=O)cc1. The molecule has 8 heteroatoms. The van der Waals surface area contributed by atoms with Gasteiger partial charge in [-0.3, -0.25) is 14.5 Å². The third-order valence-electron chi connectivity index (χ3n) is 5.44. The second-order valence-corrected chi connectivity index (χ2v) is 7.58. The van der Waals surface area contributed by atoms with E-state index in [9.17, 15) is 14.4 Å². The molecule has 0 unspecified atom stereocenters. The number of benzene rings is 2. The van der Waals surface area contributed by atoms with Gasteiger partial charge in [-0.2, -0.15) is 0 Å². The van der Waals surface area contributed by atoms with Crippen LogP contribution in [-0.4, -0.2) is 60.0 Å². The van der Waals surface area contributed by atoms with Crippen LogP contribution in [0.2, 0.25) is 5.02 Å². The first-order valence-electron chi connectivity index (χ1n) is 9.39. The second kappa shape index (κ2) is 7.85. The third-order valence-corrected chi connectivity index (χ3v) is 5.69. The van der Waals surface area contributed by atoms with Crippen molar-refractivity contribution >= 4 is 40.8 Å². The van der Waals surface area contributed by atoms with Crippen LogP contribution in [-0.2, 0) is 9.59 Å². The van der Waals surface area contributed by atoms with E-state index < -0.39 is 12.0 Å². The van der Waals surface area contributed by atoms with Gasteiger partial charge in [0.2, 0.25) is 5.91 Å². The zero-order valence-electron chi connectivity index (χ0n) is 15.6. The molecule has 0 spiro atoms. The number of rotatable bonds is 4. The van der Waals surface area contributed by atoms with Gasteiger partial charge in [-0.15, -0.1) is 0 Å². The summed E-state index contributed by atoms with van der Waals surface area (Å²) < 4.78 is 0. The van der Waals surface area contributed by atoms with Crippen LogP contribution in [0.15, 0.2) is 48.5 Å². The molecule has 2 heterocycles. The number of aromatic carboxylic acids is 1. The highest BCUT2D eigenvalue weighted by molar-refractivity contribution is 6.30. The first-order chi connectivity index (χ1) is 13.9. The Hall–Kier alpha value is -2.90. The minimum Gasteiger partial charge on any atom is -0.478 e. The molecule has 0 aliphatic carbocycles. The van der Waals surface area contributed by atoms with Gasteiger partial charge in [0.15, 0.2) is 0 Å². The fourth-order valence-electron chi connectivity index (χ4n) is 3.87. The molecule has 29 heavy (non-hydrogen) atoms. The number of imide groups is 1. The summed E-state index contributed by atoms with van der Waals surface area (Å²) in [7, 11) is 0. The number of halogens is 1. The largest absolute Gasteiger partial charge is 0.478 e. The zero-order chi connectivity index (χ0) is 20.5. The summed E-state index contributed by atoms with van der Waals surface area (Å²) in [4.78, 5) is 41.9. The summed E-state index contributed by atoms with van der Waals surface area (Å²) in [5, 5.41) is 9.70. The molecule has 2 fully saturated rings. The Balaban J connectivity index is 1.42. The average Bonchev–Trinajstić information content (AvgIpc) is 3.03. The first kappa shape index (κ1) is 19.4. The van der Waals surface area contributed by atoms with Crippen LogP contribution in [0.3, 0.4) is 0 Å². The number of amides is 2. The minimum absolute atomic E-state index is 0.114. The predicted octanol–water partition coefficient (Wildman–Crippen LogP) is 2.49. The lowest BCUT2D eigenvalue weighted by Crippen LogP contribution is -2.52. The highest BCUT2D eigenvalue weighted by Gasteiger charge is 2.43. The molecular formula is C21H20ClN3O4. The molecule has 0 aromatic heterocycles. The monoisotopic (exact) mass is 413 g/mol. The Morgan fingerprint density at radius 2 is 1.48 bits per heavy atom. The van der Waals surface area contributed by atoms with Crippen molar-refractivity contribution < 1.29 is 19.5 Å². The topological polar surface area (TPSA) is 81.2 Å². The van der Waals surface area contributed by atoms with Crippen LogP contribution in [0.1, 0.15) is 16.8 Å². The number of carboxylic acids is 1. The number of carbonyl (C=O) groups excluding carboxylic acids is 2. The normalized spacial score (nSPS) is 20.4. The highest BCUT2D eigenvalue weighted by atomic mass is 35.5. The van der Waals surface area contributed by atoms with Crippen molar-refractivity contribution in [3.8, 4) is 0 Å². The van der Waals surface area contributed by atoms with Crippen molar-refractivity contribution in [2.45, 2.75) is 12.5 Å². The van der Waals surface area contributed by atoms with Crippen LogP contribution in [0.5, 0.6) is 0 Å². The Morgan fingerprint density at radius 3 is 2.07 bits per heavy atom. The molecule has 2 saturated heterocycles. The number of carboxylic acid groups (broad SMARTS) is 1. The summed E-state index contributed by atoms with van der Waals surface area (Å²) in [6.45, 7) is 2.87. The molecule has 2 amide bonds. The number of hydrogen-bond donors (Lipinski definition) is 1. The van der Waals surface area contributed by atoms with Gasteiger partial charge in [-0.25, -0.2) is 9.69 Å². The molecule has 2 aliphatic heterocycles. The van der Waals surface area contributed by atoms with Crippen molar-refractivity contribution in [1.29, 1.82) is 0 Å². The summed E-state index contributed by atoms with van der Waals surface area (Å²) in [6, 6.07) is 13.0. The lowest BCUT2D eigenvalue weighted by Gasteiger charge is -2.38. The van der Waals surface area contributed by atoms with E-state index in [1.807, 2.05) is 24.3 Å². The van der Waals surface area contributed by atoms with Gasteiger partial charge in [0, 0.05) is 36.9 Å². The van der Waals surface area contributed by atoms with Gasteiger partial charge in [-0.05, 0) is 48.5 Å². The fraction of sp³-hybridized carbons (Fsp3) is 0.286. The van der Waals surface area contributed by atoms with E-state index in [1.165, 1.54) is 29.2 Å². The van der Waals surface area contributed by atoms with Crippen molar-refractivity contribution in [3.63, 3.8) is 0 Å². The number of piperazine rings is 1. The van der Waals surface area contributed by atoms with Crippen molar-refractivity contribution in [3.05, 3.63) is 59.1 Å². The maximum atomic E-state index is 12.9. The summed E-state index contributed by atoms with van der Waals surface area (Å²) in [5.41, 5.74) is 1.61. The van der Waals surface area contributed by atoms with E-state index >= 15 is 0 Å². The molecule has 0 radical (unpaired) electrons. The van der Waals surface area contributed by atoms with Crippen molar-refractivity contribution in [2.24, 2.45) is 0 Å². The minimum atomic E-state index is -1.05. The van der Waals surface area contributed by atoms with Crippen molar-refractivity contribution in [1.82, 2.24) is 4.90 Å². The highest BCUT2D eigenvalue weighted by Crippen LogP contribution is 2.27. The quantitative estimate of drug-likeness (QED) is 0.775. The van der Waals surface area contributed by atoms with Gasteiger partial charge >= 0.3 is 5.97 Å². The van der Waals surface area contributed by atoms with Crippen LogP contribution >= 0.6 is 11.6 Å². The molecule has 1 N–H and O–H groups in total. The van der Waals surface area contributed by atoms with Crippen LogP contribution in [0, 0.1) is 0 Å². The smallest absolute Gasteiger partial charge is 0.335 e. The second-order valence-electron chi connectivity index (χ2n) is 7.14. The molecule has 1 atom stereocenters. The molecule has 0 bridgehead atoms. The van der Waals surface area contributed by atoms with E-state index in [1.54, 1.807) is 0 Å². The number of hydrogen-bond acceptors (Lipinski definition) is 5. The predicted molar refractivity (Wildman–Crippen MR) is 110 cm³/mol. The molecule has 7 nitrogen and oxygen atoms in total. The molecule has 150 valence electrons. The zero-order valence-corrected chi connectivity index (χ0v) is 16.4. The van der Waals surface area contributed by atoms with Gasteiger partial charge < -0.3 is 10.0 Å². The molecule has 2 aliphatic rings. The Morgan fingerprint density at radius 1 is 0.897 bits per heavy atom. The Labute approximate surface area is 173 Å². The van der Waals surface area contributed by atoms with E-state index in [2.05, 4.69) is 9.80 Å². The van der Waals surface area contributed by atoms with Crippen LogP contribution < -0.4 is 9.80 Å². The van der Waals surface area contributed by atoms with E-state index in [0.717, 1.165) is 18.8 Å². The first-order valence-corrected chi connectivity index (χ1v) is 9.76. The lowest BCUT2D eigenvalue weighted by atomic mass is 10.1. The summed E-state index contributed by atoms with van der Waals surface area (Å²) in [5.74, 6) is -1.56. The average molecular weight is 414 g/mol. The molecule has 2 aromatic rings. The molecule has 0 saturated carbocycles. The van der Waals surface area contributed by atoms with Gasteiger partial charge in [-0.1, -0.05) is 11.6 Å².